The summed E-state index contributed by atoms with van der Waals surface area (Å²) < 4.78 is 0. The SMILES string of the molecule is Nc1ccc(N/C=C/C=C/C(=O)O)cc1. The highest BCUT2D eigenvalue weighted by molar-refractivity contribution is 5.80. The number of allylic oxidation sites excluding steroid dienone is 2. The van der Waals surface area contributed by atoms with E-state index in [0.717, 1.165) is 11.8 Å². The maximum atomic E-state index is 10.1. The second kappa shape index (κ2) is 5.49. The highest BCUT2D eigenvalue weighted by Gasteiger charge is 1.86. The van der Waals surface area contributed by atoms with Gasteiger partial charge in [0.2, 0.25) is 0 Å². The molecular weight excluding hydrogens is 192 g/mol. The molecule has 0 saturated carbocycles. The van der Waals surface area contributed by atoms with E-state index < -0.39 is 5.97 Å². The van der Waals surface area contributed by atoms with Crippen molar-refractivity contribution in [2.24, 2.45) is 0 Å². The zero-order valence-electron chi connectivity index (χ0n) is 8.05. The first-order valence-corrected chi connectivity index (χ1v) is 4.37. The van der Waals surface area contributed by atoms with E-state index in [0.29, 0.717) is 5.69 Å². The number of carbonyl (C=O) groups is 1. The van der Waals surface area contributed by atoms with Crippen molar-refractivity contribution in [3.05, 3.63) is 48.7 Å². The van der Waals surface area contributed by atoms with Gasteiger partial charge in [0, 0.05) is 23.7 Å². The Morgan fingerprint density at radius 3 is 2.53 bits per heavy atom. The lowest BCUT2D eigenvalue weighted by atomic mass is 10.3. The van der Waals surface area contributed by atoms with Gasteiger partial charge in [-0.05, 0) is 30.3 Å². The van der Waals surface area contributed by atoms with E-state index in [9.17, 15) is 4.79 Å². The van der Waals surface area contributed by atoms with E-state index in [1.165, 1.54) is 6.08 Å². The van der Waals surface area contributed by atoms with Gasteiger partial charge in [0.1, 0.15) is 0 Å². The van der Waals surface area contributed by atoms with E-state index in [4.69, 9.17) is 10.8 Å². The van der Waals surface area contributed by atoms with Crippen LogP contribution in [0.5, 0.6) is 0 Å². The smallest absolute Gasteiger partial charge is 0.328 e. The largest absolute Gasteiger partial charge is 0.478 e. The first kappa shape index (κ1) is 10.8. The summed E-state index contributed by atoms with van der Waals surface area (Å²) in [5.41, 5.74) is 7.11. The van der Waals surface area contributed by atoms with Gasteiger partial charge in [-0.1, -0.05) is 6.08 Å². The third-order valence-corrected chi connectivity index (χ3v) is 1.61. The molecule has 0 heterocycles. The fourth-order valence-electron chi connectivity index (χ4n) is 0.917. The Balaban J connectivity index is 2.43. The summed E-state index contributed by atoms with van der Waals surface area (Å²) in [4.78, 5) is 10.1. The van der Waals surface area contributed by atoms with E-state index in [-0.39, 0.29) is 0 Å². The number of aliphatic carboxylic acids is 1. The number of carboxylic acids is 1. The molecule has 1 aromatic rings. The van der Waals surface area contributed by atoms with Gasteiger partial charge in [0.15, 0.2) is 0 Å². The zero-order chi connectivity index (χ0) is 11.1. The Hall–Kier alpha value is -2.23. The van der Waals surface area contributed by atoms with Gasteiger partial charge in [0.05, 0.1) is 0 Å². The molecule has 4 N–H and O–H groups in total. The summed E-state index contributed by atoms with van der Waals surface area (Å²) in [6.45, 7) is 0. The molecule has 1 rings (SSSR count). The normalized spacial score (nSPS) is 10.9. The molecule has 0 atom stereocenters. The minimum atomic E-state index is -0.966. The molecule has 4 nitrogen and oxygen atoms in total. The molecule has 0 fully saturated rings. The molecule has 78 valence electrons. The van der Waals surface area contributed by atoms with Crippen molar-refractivity contribution in [1.82, 2.24) is 0 Å². The Morgan fingerprint density at radius 1 is 1.27 bits per heavy atom. The van der Waals surface area contributed by atoms with Gasteiger partial charge in [-0.15, -0.1) is 0 Å². The lowest BCUT2D eigenvalue weighted by molar-refractivity contribution is -0.131. The molecule has 0 amide bonds. The van der Waals surface area contributed by atoms with Crippen LogP contribution in [0.2, 0.25) is 0 Å². The number of rotatable bonds is 4. The van der Waals surface area contributed by atoms with E-state index in [1.54, 1.807) is 24.4 Å². The van der Waals surface area contributed by atoms with E-state index in [1.807, 2.05) is 12.1 Å². The second-order valence-corrected chi connectivity index (χ2v) is 2.82. The van der Waals surface area contributed by atoms with Crippen LogP contribution in [0.3, 0.4) is 0 Å². The third-order valence-electron chi connectivity index (χ3n) is 1.61. The topological polar surface area (TPSA) is 75.3 Å². The molecule has 0 bridgehead atoms. The van der Waals surface area contributed by atoms with Crippen LogP contribution in [0.4, 0.5) is 11.4 Å². The number of nitrogen functional groups attached to an aromatic ring is 1. The highest BCUT2D eigenvalue weighted by Crippen LogP contribution is 2.09. The summed E-state index contributed by atoms with van der Waals surface area (Å²) >= 11 is 0. The molecule has 4 heteroatoms. The average molecular weight is 204 g/mol. The third kappa shape index (κ3) is 4.52. The van der Waals surface area contributed by atoms with Crippen LogP contribution >= 0.6 is 0 Å². The molecule has 0 aliphatic carbocycles. The van der Waals surface area contributed by atoms with E-state index >= 15 is 0 Å². The standard InChI is InChI=1S/C11H12N2O2/c12-9-4-6-10(7-5-9)13-8-2-1-3-11(14)15/h1-8,13H,12H2,(H,14,15)/b3-1+,8-2+. The first-order chi connectivity index (χ1) is 7.18. The monoisotopic (exact) mass is 204 g/mol. The van der Waals surface area contributed by atoms with Crippen LogP contribution in [-0.2, 0) is 4.79 Å². The van der Waals surface area contributed by atoms with Crippen molar-refractivity contribution in [2.75, 3.05) is 11.1 Å². The molecule has 0 spiro atoms. The van der Waals surface area contributed by atoms with Crippen molar-refractivity contribution < 1.29 is 9.90 Å². The van der Waals surface area contributed by atoms with Crippen molar-refractivity contribution in [2.45, 2.75) is 0 Å². The number of carboxylic acid groups (broad SMARTS) is 1. The van der Waals surface area contributed by atoms with Gasteiger partial charge in [-0.2, -0.15) is 0 Å². The summed E-state index contributed by atoms with van der Waals surface area (Å²) in [6, 6.07) is 7.23. The molecule has 0 aliphatic rings. The number of benzene rings is 1. The van der Waals surface area contributed by atoms with Crippen LogP contribution in [-0.4, -0.2) is 11.1 Å². The average Bonchev–Trinajstić information content (AvgIpc) is 2.20. The summed E-state index contributed by atoms with van der Waals surface area (Å²) in [6.07, 6.45) is 5.74. The minimum Gasteiger partial charge on any atom is -0.478 e. The number of hydrogen-bond acceptors (Lipinski definition) is 3. The quantitative estimate of drug-likeness (QED) is 0.397. The van der Waals surface area contributed by atoms with Gasteiger partial charge in [-0.3, -0.25) is 0 Å². The fraction of sp³-hybridized carbons (Fsp3) is 0. The lowest BCUT2D eigenvalue weighted by Crippen LogP contribution is -1.88. The number of anilines is 2. The van der Waals surface area contributed by atoms with Crippen molar-refractivity contribution in [3.63, 3.8) is 0 Å². The lowest BCUT2D eigenvalue weighted by Gasteiger charge is -1.99. The van der Waals surface area contributed by atoms with Crippen molar-refractivity contribution in [3.8, 4) is 0 Å². The minimum absolute atomic E-state index is 0.704. The summed E-state index contributed by atoms with van der Waals surface area (Å²) in [7, 11) is 0. The molecule has 0 radical (unpaired) electrons. The van der Waals surface area contributed by atoms with Crippen LogP contribution < -0.4 is 11.1 Å². The van der Waals surface area contributed by atoms with Gasteiger partial charge in [0.25, 0.3) is 0 Å². The maximum absolute atomic E-state index is 10.1. The fourth-order valence-corrected chi connectivity index (χ4v) is 0.917. The summed E-state index contributed by atoms with van der Waals surface area (Å²) in [5.74, 6) is -0.966. The Bertz CT molecular complexity index is 380. The Labute approximate surface area is 87.7 Å². The molecule has 0 unspecified atom stereocenters. The molecule has 0 aromatic heterocycles. The van der Waals surface area contributed by atoms with Gasteiger partial charge < -0.3 is 16.2 Å². The molecule has 0 saturated heterocycles. The molecule has 15 heavy (non-hydrogen) atoms. The van der Waals surface area contributed by atoms with Gasteiger partial charge >= 0.3 is 5.97 Å². The van der Waals surface area contributed by atoms with Crippen molar-refractivity contribution in [1.29, 1.82) is 0 Å². The van der Waals surface area contributed by atoms with Crippen LogP contribution in [0, 0.1) is 0 Å². The Morgan fingerprint density at radius 2 is 1.93 bits per heavy atom. The molecule has 1 aromatic carbocycles. The first-order valence-electron chi connectivity index (χ1n) is 4.37. The van der Waals surface area contributed by atoms with Crippen LogP contribution in [0.1, 0.15) is 0 Å². The van der Waals surface area contributed by atoms with Gasteiger partial charge in [-0.25, -0.2) is 4.79 Å². The molecular formula is C11H12N2O2. The molecule has 0 aliphatic heterocycles. The second-order valence-electron chi connectivity index (χ2n) is 2.82. The van der Waals surface area contributed by atoms with E-state index in [2.05, 4.69) is 5.32 Å². The van der Waals surface area contributed by atoms with Crippen LogP contribution in [0.15, 0.2) is 48.7 Å². The number of nitrogens with one attached hydrogen (secondary N) is 1. The zero-order valence-corrected chi connectivity index (χ0v) is 8.05. The van der Waals surface area contributed by atoms with Crippen molar-refractivity contribution >= 4 is 17.3 Å². The Kier molecular flexibility index (Phi) is 3.97. The van der Waals surface area contributed by atoms with Crippen LogP contribution in [0.25, 0.3) is 0 Å². The summed E-state index contributed by atoms with van der Waals surface area (Å²) in [5, 5.41) is 11.3. The predicted octanol–water partition coefficient (Wildman–Crippen LogP) is 1.84. The number of hydrogen-bond donors (Lipinski definition) is 3. The maximum Gasteiger partial charge on any atom is 0.328 e. The highest BCUT2D eigenvalue weighted by atomic mass is 16.4. The number of nitrogens with two attached hydrogens (primary N) is 1. The predicted molar refractivity (Wildman–Crippen MR) is 60.4 cm³/mol.